The van der Waals surface area contributed by atoms with Crippen molar-refractivity contribution >= 4 is 11.8 Å². The lowest BCUT2D eigenvalue weighted by molar-refractivity contribution is -0.141. The highest BCUT2D eigenvalue weighted by molar-refractivity contribution is 6.05. The molecule has 0 radical (unpaired) electrons. The van der Waals surface area contributed by atoms with Gasteiger partial charge in [-0.1, -0.05) is 12.2 Å². The maximum Gasteiger partial charge on any atom is 0.233 e. The summed E-state index contributed by atoms with van der Waals surface area (Å²) in [5.74, 6) is -0.280. The summed E-state index contributed by atoms with van der Waals surface area (Å²) in [6.45, 7) is 0.845. The summed E-state index contributed by atoms with van der Waals surface area (Å²) in [6.07, 6.45) is 9.64. The van der Waals surface area contributed by atoms with Gasteiger partial charge in [0.1, 0.15) is 0 Å². The molecular formula is C16H24N2O3. The average Bonchev–Trinajstić information content (AvgIpc) is 2.75. The van der Waals surface area contributed by atoms with E-state index < -0.39 is 0 Å². The van der Waals surface area contributed by atoms with Gasteiger partial charge in [-0.25, -0.2) is 0 Å². The summed E-state index contributed by atoms with van der Waals surface area (Å²) < 4.78 is 5.83. The fraction of sp³-hybridized carbons (Fsp3) is 0.750. The number of carbonyl (C=O) groups is 2. The number of ether oxygens (including phenoxy) is 1. The van der Waals surface area contributed by atoms with Crippen LogP contribution in [0, 0.1) is 11.8 Å². The molecule has 2 aliphatic carbocycles. The molecule has 2 N–H and O–H groups in total. The zero-order chi connectivity index (χ0) is 14.8. The first kappa shape index (κ1) is 14.7. The summed E-state index contributed by atoms with van der Waals surface area (Å²) in [7, 11) is 0. The number of imide groups is 1. The molecule has 1 saturated heterocycles. The normalized spacial score (nSPS) is 36.1. The molecule has 1 aliphatic heterocycles. The van der Waals surface area contributed by atoms with Crippen molar-refractivity contribution in [3.8, 4) is 0 Å². The molecule has 3 rings (SSSR count). The Morgan fingerprint density at radius 3 is 2.19 bits per heavy atom. The SMILES string of the molecule is NC1CCC(OCCN2C(=O)[C@H]3CC=CC[C@H]3C2=O)CC1. The highest BCUT2D eigenvalue weighted by atomic mass is 16.5. The predicted octanol–water partition coefficient (Wildman–Crippen LogP) is 1.22. The lowest BCUT2D eigenvalue weighted by atomic mass is 9.85. The Kier molecular flexibility index (Phi) is 4.40. The van der Waals surface area contributed by atoms with Crippen molar-refractivity contribution in [3.05, 3.63) is 12.2 Å². The van der Waals surface area contributed by atoms with Crippen LogP contribution in [0.5, 0.6) is 0 Å². The van der Waals surface area contributed by atoms with E-state index in [2.05, 4.69) is 0 Å². The molecule has 0 aromatic carbocycles. The van der Waals surface area contributed by atoms with Gasteiger partial charge in [-0.05, 0) is 38.5 Å². The third kappa shape index (κ3) is 3.04. The van der Waals surface area contributed by atoms with Gasteiger partial charge in [0.2, 0.25) is 11.8 Å². The number of amides is 2. The molecule has 116 valence electrons. The largest absolute Gasteiger partial charge is 0.376 e. The van der Waals surface area contributed by atoms with Crippen LogP contribution in [-0.2, 0) is 14.3 Å². The molecule has 0 spiro atoms. The second-order valence-electron chi connectivity index (χ2n) is 6.39. The van der Waals surface area contributed by atoms with E-state index in [1.165, 1.54) is 4.90 Å². The van der Waals surface area contributed by atoms with Gasteiger partial charge in [0.05, 0.1) is 31.1 Å². The van der Waals surface area contributed by atoms with Crippen molar-refractivity contribution in [1.29, 1.82) is 0 Å². The first-order valence-electron chi connectivity index (χ1n) is 8.04. The number of hydrogen-bond acceptors (Lipinski definition) is 4. The Labute approximate surface area is 125 Å². The molecule has 1 saturated carbocycles. The van der Waals surface area contributed by atoms with Gasteiger partial charge in [-0.3, -0.25) is 14.5 Å². The third-order valence-electron chi connectivity index (χ3n) is 4.99. The summed E-state index contributed by atoms with van der Waals surface area (Å²) >= 11 is 0. The van der Waals surface area contributed by atoms with Crippen LogP contribution in [0.4, 0.5) is 0 Å². The van der Waals surface area contributed by atoms with Crippen molar-refractivity contribution in [3.63, 3.8) is 0 Å². The van der Waals surface area contributed by atoms with Crippen LogP contribution in [0.3, 0.4) is 0 Å². The molecule has 5 heteroatoms. The van der Waals surface area contributed by atoms with Crippen molar-refractivity contribution in [2.45, 2.75) is 50.7 Å². The molecule has 5 nitrogen and oxygen atoms in total. The van der Waals surface area contributed by atoms with Gasteiger partial charge in [0, 0.05) is 6.04 Å². The van der Waals surface area contributed by atoms with Crippen molar-refractivity contribution in [2.24, 2.45) is 17.6 Å². The molecular weight excluding hydrogens is 268 g/mol. The lowest BCUT2D eigenvalue weighted by Gasteiger charge is -2.26. The average molecular weight is 292 g/mol. The minimum Gasteiger partial charge on any atom is -0.376 e. The van der Waals surface area contributed by atoms with Gasteiger partial charge >= 0.3 is 0 Å². The van der Waals surface area contributed by atoms with E-state index in [4.69, 9.17) is 10.5 Å². The van der Waals surface area contributed by atoms with E-state index in [1.807, 2.05) is 12.2 Å². The molecule has 0 bridgehead atoms. The van der Waals surface area contributed by atoms with Crippen LogP contribution in [0.2, 0.25) is 0 Å². The predicted molar refractivity (Wildman–Crippen MR) is 78.3 cm³/mol. The smallest absolute Gasteiger partial charge is 0.233 e. The first-order valence-corrected chi connectivity index (χ1v) is 8.04. The summed E-state index contributed by atoms with van der Waals surface area (Å²) in [5.41, 5.74) is 5.87. The summed E-state index contributed by atoms with van der Waals surface area (Å²) in [4.78, 5) is 26.0. The Bertz CT molecular complexity index is 415. The van der Waals surface area contributed by atoms with E-state index in [1.54, 1.807) is 0 Å². The van der Waals surface area contributed by atoms with Crippen molar-refractivity contribution in [1.82, 2.24) is 4.90 Å². The quantitative estimate of drug-likeness (QED) is 0.625. The fourth-order valence-corrected chi connectivity index (χ4v) is 3.66. The Morgan fingerprint density at radius 1 is 1.05 bits per heavy atom. The fourth-order valence-electron chi connectivity index (χ4n) is 3.66. The number of likely N-dealkylation sites (tertiary alicyclic amines) is 1. The number of hydrogen-bond donors (Lipinski definition) is 1. The highest BCUT2D eigenvalue weighted by Gasteiger charge is 2.46. The van der Waals surface area contributed by atoms with Gasteiger partial charge in [-0.2, -0.15) is 0 Å². The monoisotopic (exact) mass is 292 g/mol. The minimum absolute atomic E-state index is 0.0105. The minimum atomic E-state index is -0.129. The second-order valence-corrected chi connectivity index (χ2v) is 6.39. The van der Waals surface area contributed by atoms with Gasteiger partial charge in [0.25, 0.3) is 0 Å². The highest BCUT2D eigenvalue weighted by Crippen LogP contribution is 2.34. The first-order chi connectivity index (χ1) is 10.2. The number of fused-ring (bicyclic) bond motifs is 1. The third-order valence-corrected chi connectivity index (χ3v) is 4.99. The molecule has 0 aromatic rings. The standard InChI is InChI=1S/C16H24N2O3/c17-11-5-7-12(8-6-11)21-10-9-18-15(19)13-3-1-2-4-14(13)16(18)20/h1-2,11-14H,3-10,17H2/t11?,12?,13-,14+. The van der Waals surface area contributed by atoms with Crippen LogP contribution in [0.1, 0.15) is 38.5 Å². The molecule has 3 aliphatic rings. The van der Waals surface area contributed by atoms with E-state index >= 15 is 0 Å². The maximum atomic E-state index is 12.3. The molecule has 2 amide bonds. The van der Waals surface area contributed by atoms with E-state index in [-0.39, 0.29) is 29.8 Å². The Morgan fingerprint density at radius 2 is 1.62 bits per heavy atom. The molecule has 1 heterocycles. The van der Waals surface area contributed by atoms with Crippen LogP contribution in [-0.4, -0.2) is 42.0 Å². The Balaban J connectivity index is 1.47. The number of nitrogens with two attached hydrogens (primary N) is 1. The van der Waals surface area contributed by atoms with E-state index in [0.717, 1.165) is 25.7 Å². The number of nitrogens with zero attached hydrogens (tertiary/aromatic N) is 1. The zero-order valence-electron chi connectivity index (χ0n) is 12.4. The number of rotatable bonds is 4. The van der Waals surface area contributed by atoms with E-state index in [0.29, 0.717) is 32.0 Å². The summed E-state index contributed by atoms with van der Waals surface area (Å²) in [5, 5.41) is 0. The molecule has 21 heavy (non-hydrogen) atoms. The number of allylic oxidation sites excluding steroid dienone is 2. The topological polar surface area (TPSA) is 72.6 Å². The number of carbonyl (C=O) groups excluding carboxylic acids is 2. The van der Waals surface area contributed by atoms with Gasteiger partial charge in [-0.15, -0.1) is 0 Å². The van der Waals surface area contributed by atoms with Gasteiger partial charge in [0.15, 0.2) is 0 Å². The van der Waals surface area contributed by atoms with Crippen LogP contribution in [0.15, 0.2) is 12.2 Å². The lowest BCUT2D eigenvalue weighted by Crippen LogP contribution is -2.36. The van der Waals surface area contributed by atoms with Gasteiger partial charge < -0.3 is 10.5 Å². The van der Waals surface area contributed by atoms with Crippen molar-refractivity contribution in [2.75, 3.05) is 13.2 Å². The molecule has 2 atom stereocenters. The Hall–Kier alpha value is -1.20. The van der Waals surface area contributed by atoms with Crippen LogP contribution in [0.25, 0.3) is 0 Å². The zero-order valence-corrected chi connectivity index (χ0v) is 12.4. The molecule has 0 aromatic heterocycles. The molecule has 2 fully saturated rings. The van der Waals surface area contributed by atoms with E-state index in [9.17, 15) is 9.59 Å². The second kappa shape index (κ2) is 6.28. The maximum absolute atomic E-state index is 12.3. The van der Waals surface area contributed by atoms with Crippen LogP contribution >= 0.6 is 0 Å². The molecule has 0 unspecified atom stereocenters. The van der Waals surface area contributed by atoms with Crippen LogP contribution < -0.4 is 5.73 Å². The summed E-state index contributed by atoms with van der Waals surface area (Å²) in [6, 6.07) is 0.308. The van der Waals surface area contributed by atoms with Crippen molar-refractivity contribution < 1.29 is 14.3 Å².